The van der Waals surface area contributed by atoms with E-state index in [1.54, 1.807) is 0 Å². The number of halogens is 2. The summed E-state index contributed by atoms with van der Waals surface area (Å²) in [4.78, 5) is 0. The van der Waals surface area contributed by atoms with Crippen molar-refractivity contribution >= 4 is 24.8 Å². The second-order valence-corrected chi connectivity index (χ2v) is 2.23. The van der Waals surface area contributed by atoms with E-state index in [-0.39, 0.29) is 37.5 Å². The van der Waals surface area contributed by atoms with Crippen LogP contribution in [0.25, 0.3) is 0 Å². The number of unbranched alkanes of at least 4 members (excludes halogenated alkanes) is 1. The maximum Gasteiger partial charge on any atom is 0.0582 e. The van der Waals surface area contributed by atoms with Gasteiger partial charge in [-0.1, -0.05) is 6.42 Å². The third-order valence-corrected chi connectivity index (χ3v) is 1.26. The smallest absolute Gasteiger partial charge is 0.0582 e. The molecule has 0 aromatic heterocycles. The molecule has 5 heteroatoms. The third kappa shape index (κ3) is 13.5. The minimum atomic E-state index is -0.0449. The Morgan fingerprint density at radius 1 is 1.18 bits per heavy atom. The molecule has 1 atom stereocenters. The van der Waals surface area contributed by atoms with Crippen LogP contribution in [0.3, 0.4) is 0 Å². The number of rotatable bonds is 5. The largest absolute Gasteiger partial charge is 0.395 e. The van der Waals surface area contributed by atoms with E-state index >= 15 is 0 Å². The zero-order chi connectivity index (χ0) is 7.11. The summed E-state index contributed by atoms with van der Waals surface area (Å²) in [5.74, 6) is 0. The van der Waals surface area contributed by atoms with Gasteiger partial charge in [0, 0.05) is 6.04 Å². The molecule has 0 unspecified atom stereocenters. The molecular weight excluding hydrogens is 187 g/mol. The van der Waals surface area contributed by atoms with Gasteiger partial charge in [0.25, 0.3) is 0 Å². The molecule has 0 aromatic carbocycles. The van der Waals surface area contributed by atoms with Crippen molar-refractivity contribution in [2.24, 2.45) is 11.5 Å². The van der Waals surface area contributed by atoms with Crippen molar-refractivity contribution in [3.63, 3.8) is 0 Å². The number of aliphatic hydroxyl groups excluding tert-OH is 1. The molecule has 0 aromatic rings. The standard InChI is InChI=1S/C6H16N2O.2ClH/c7-4-2-1-3-6(8)5-9;;/h6,9H,1-5,7-8H2;2*1H/t6-;;/m1../s1. The summed E-state index contributed by atoms with van der Waals surface area (Å²) in [7, 11) is 0. The maximum absolute atomic E-state index is 8.48. The van der Waals surface area contributed by atoms with Gasteiger partial charge in [-0.25, -0.2) is 0 Å². The summed E-state index contributed by atoms with van der Waals surface area (Å²) < 4.78 is 0. The van der Waals surface area contributed by atoms with Crippen LogP contribution in [0, 0.1) is 0 Å². The fourth-order valence-corrected chi connectivity index (χ4v) is 0.642. The molecule has 0 fully saturated rings. The molecule has 0 aliphatic heterocycles. The Bertz CT molecular complexity index is 66.5. The Hall–Kier alpha value is 0.460. The van der Waals surface area contributed by atoms with Gasteiger partial charge in [0.15, 0.2) is 0 Å². The third-order valence-electron chi connectivity index (χ3n) is 1.26. The number of aliphatic hydroxyl groups is 1. The highest BCUT2D eigenvalue weighted by Gasteiger charge is 1.97. The van der Waals surface area contributed by atoms with Crippen LogP contribution in [0.15, 0.2) is 0 Å². The van der Waals surface area contributed by atoms with Gasteiger partial charge >= 0.3 is 0 Å². The fraction of sp³-hybridized carbons (Fsp3) is 1.00. The van der Waals surface area contributed by atoms with Crippen LogP contribution in [0.1, 0.15) is 19.3 Å². The summed E-state index contributed by atoms with van der Waals surface area (Å²) >= 11 is 0. The van der Waals surface area contributed by atoms with Gasteiger partial charge in [-0.2, -0.15) is 0 Å². The zero-order valence-electron chi connectivity index (χ0n) is 6.53. The van der Waals surface area contributed by atoms with Crippen LogP contribution in [0.2, 0.25) is 0 Å². The van der Waals surface area contributed by atoms with Crippen LogP contribution >= 0.6 is 24.8 Å². The first kappa shape index (κ1) is 17.5. The molecule has 0 rings (SSSR count). The van der Waals surface area contributed by atoms with Gasteiger partial charge in [0.1, 0.15) is 0 Å². The Morgan fingerprint density at radius 3 is 2.09 bits per heavy atom. The molecule has 0 aliphatic rings. The Balaban J connectivity index is -0.000000320. The molecule has 0 saturated heterocycles. The highest BCUT2D eigenvalue weighted by Crippen LogP contribution is 1.95. The summed E-state index contributed by atoms with van der Waals surface area (Å²) in [6.07, 6.45) is 2.92. The lowest BCUT2D eigenvalue weighted by Crippen LogP contribution is -2.24. The van der Waals surface area contributed by atoms with Gasteiger partial charge < -0.3 is 16.6 Å². The van der Waals surface area contributed by atoms with Crippen molar-refractivity contribution in [3.8, 4) is 0 Å². The molecule has 11 heavy (non-hydrogen) atoms. The molecule has 0 radical (unpaired) electrons. The van der Waals surface area contributed by atoms with E-state index < -0.39 is 0 Å². The zero-order valence-corrected chi connectivity index (χ0v) is 8.16. The molecule has 0 aliphatic carbocycles. The van der Waals surface area contributed by atoms with E-state index in [2.05, 4.69) is 0 Å². The number of hydrogen-bond donors (Lipinski definition) is 3. The van der Waals surface area contributed by atoms with E-state index in [1.807, 2.05) is 0 Å². The Morgan fingerprint density at radius 2 is 1.73 bits per heavy atom. The molecule has 72 valence electrons. The first-order valence-electron chi connectivity index (χ1n) is 3.37. The molecule has 5 N–H and O–H groups in total. The molecular formula is C6H18Cl2N2O. The molecule has 3 nitrogen and oxygen atoms in total. The van der Waals surface area contributed by atoms with Gasteiger partial charge in [-0.15, -0.1) is 24.8 Å². The van der Waals surface area contributed by atoms with E-state index in [4.69, 9.17) is 16.6 Å². The van der Waals surface area contributed by atoms with Crippen molar-refractivity contribution in [1.29, 1.82) is 0 Å². The minimum Gasteiger partial charge on any atom is -0.395 e. The second kappa shape index (κ2) is 13.1. The summed E-state index contributed by atoms with van der Waals surface area (Å²) in [5.41, 5.74) is 10.7. The SMILES string of the molecule is Cl.Cl.NCCCC[C@@H](N)CO. The van der Waals surface area contributed by atoms with Crippen LogP contribution in [-0.2, 0) is 0 Å². The van der Waals surface area contributed by atoms with Crippen molar-refractivity contribution < 1.29 is 5.11 Å². The normalized spacial score (nSPS) is 11.2. The molecule has 0 bridgehead atoms. The summed E-state index contributed by atoms with van der Waals surface area (Å²) in [5, 5.41) is 8.48. The highest BCUT2D eigenvalue weighted by molar-refractivity contribution is 5.85. The van der Waals surface area contributed by atoms with Crippen molar-refractivity contribution in [3.05, 3.63) is 0 Å². The Kier molecular flexibility index (Phi) is 20.8. The lowest BCUT2D eigenvalue weighted by Gasteiger charge is -2.05. The number of hydrogen-bond acceptors (Lipinski definition) is 3. The van der Waals surface area contributed by atoms with Gasteiger partial charge in [-0.3, -0.25) is 0 Å². The van der Waals surface area contributed by atoms with Crippen LogP contribution in [-0.4, -0.2) is 24.3 Å². The second-order valence-electron chi connectivity index (χ2n) is 2.23. The summed E-state index contributed by atoms with van der Waals surface area (Å²) in [6.45, 7) is 0.808. The van der Waals surface area contributed by atoms with Gasteiger partial charge in [0.2, 0.25) is 0 Å². The molecule has 0 heterocycles. The topological polar surface area (TPSA) is 72.3 Å². The molecule has 0 spiro atoms. The average molecular weight is 205 g/mol. The lowest BCUT2D eigenvalue weighted by atomic mass is 10.1. The van der Waals surface area contributed by atoms with Crippen molar-refractivity contribution in [2.45, 2.75) is 25.3 Å². The predicted molar refractivity (Wildman–Crippen MR) is 52.5 cm³/mol. The van der Waals surface area contributed by atoms with Crippen LogP contribution in [0.4, 0.5) is 0 Å². The molecule has 0 amide bonds. The van der Waals surface area contributed by atoms with Crippen LogP contribution in [0.5, 0.6) is 0 Å². The van der Waals surface area contributed by atoms with E-state index in [0.717, 1.165) is 25.8 Å². The van der Waals surface area contributed by atoms with E-state index in [0.29, 0.717) is 0 Å². The van der Waals surface area contributed by atoms with E-state index in [1.165, 1.54) is 0 Å². The first-order valence-corrected chi connectivity index (χ1v) is 3.37. The maximum atomic E-state index is 8.48. The monoisotopic (exact) mass is 204 g/mol. The predicted octanol–water partition coefficient (Wildman–Crippen LogP) is 0.279. The van der Waals surface area contributed by atoms with Crippen molar-refractivity contribution in [2.75, 3.05) is 13.2 Å². The number of nitrogens with two attached hydrogens (primary N) is 2. The average Bonchev–Trinajstić information content (AvgIpc) is 1.89. The Labute approximate surface area is 80.3 Å². The highest BCUT2D eigenvalue weighted by atomic mass is 35.5. The quantitative estimate of drug-likeness (QED) is 0.564. The van der Waals surface area contributed by atoms with Gasteiger partial charge in [-0.05, 0) is 19.4 Å². The summed E-state index contributed by atoms with van der Waals surface area (Å²) in [6, 6.07) is -0.0449. The first-order chi connectivity index (χ1) is 4.31. The van der Waals surface area contributed by atoms with Gasteiger partial charge in [0.05, 0.1) is 6.61 Å². The van der Waals surface area contributed by atoms with Crippen LogP contribution < -0.4 is 11.5 Å². The minimum absolute atomic E-state index is 0. The van der Waals surface area contributed by atoms with E-state index in [9.17, 15) is 0 Å². The van der Waals surface area contributed by atoms with Crippen molar-refractivity contribution in [1.82, 2.24) is 0 Å². The fourth-order valence-electron chi connectivity index (χ4n) is 0.642. The lowest BCUT2D eigenvalue weighted by molar-refractivity contribution is 0.258. The molecule has 0 saturated carbocycles.